The van der Waals surface area contributed by atoms with Crippen molar-refractivity contribution in [3.05, 3.63) is 122 Å². The Balaban J connectivity index is 0.000000157. The predicted molar refractivity (Wildman–Crippen MR) is 470 cm³/mol. The third kappa shape index (κ3) is 22.5. The van der Waals surface area contributed by atoms with Crippen molar-refractivity contribution in [3.63, 3.8) is 0 Å². The van der Waals surface area contributed by atoms with Crippen LogP contribution >= 0.6 is 34.8 Å². The van der Waals surface area contributed by atoms with Crippen LogP contribution in [0.15, 0.2) is 88.7 Å². The average Bonchev–Trinajstić information content (AvgIpc) is 1.70. The van der Waals surface area contributed by atoms with Crippen molar-refractivity contribution >= 4 is 150 Å². The summed E-state index contributed by atoms with van der Waals surface area (Å²) in [6.45, 7) is 15.9. The molecule has 0 radical (unpaired) electrons. The largest absolute Gasteiger partial charge is 0.488 e. The van der Waals surface area contributed by atoms with E-state index < -0.39 is 55.3 Å². The molecule has 121 heavy (non-hydrogen) atoms. The number of anilines is 12. The van der Waals surface area contributed by atoms with Gasteiger partial charge < -0.3 is 51.8 Å². The van der Waals surface area contributed by atoms with Gasteiger partial charge in [0.25, 0.3) is 0 Å². The maximum Gasteiger partial charge on any atom is 0.229 e. The van der Waals surface area contributed by atoms with E-state index in [4.69, 9.17) is 54.7 Å². The number of ketones is 1. The molecule has 15 rings (SSSR count). The molecule has 0 unspecified atom stereocenters. The molecule has 0 spiro atoms. The molecule has 6 aliphatic rings. The number of hydrogen-bond acceptors (Lipinski definition) is 28. The number of sulfonamides is 1. The van der Waals surface area contributed by atoms with Crippen molar-refractivity contribution in [1.82, 2.24) is 64.0 Å². The molecule has 0 amide bonds. The minimum absolute atomic E-state index is 0.0345. The van der Waals surface area contributed by atoms with Crippen molar-refractivity contribution in [3.8, 4) is 17.2 Å². The zero-order chi connectivity index (χ0) is 86.9. The maximum absolute atomic E-state index is 12.9. The van der Waals surface area contributed by atoms with Gasteiger partial charge in [-0.05, 0) is 253 Å². The lowest BCUT2D eigenvalue weighted by atomic mass is 9.80. The van der Waals surface area contributed by atoms with E-state index in [1.807, 2.05) is 12.1 Å². The summed E-state index contributed by atoms with van der Waals surface area (Å²) >= 11 is 19.2. The molecule has 0 saturated heterocycles. The number of carbonyl (C=O) groups excluding carboxylic acids is 1. The number of rotatable bonds is 29. The Kier molecular flexibility index (Phi) is 27.6. The van der Waals surface area contributed by atoms with E-state index >= 15 is 0 Å². The van der Waals surface area contributed by atoms with Gasteiger partial charge >= 0.3 is 0 Å². The maximum atomic E-state index is 12.9. The van der Waals surface area contributed by atoms with Crippen LogP contribution in [-0.4, -0.2) is 151 Å². The van der Waals surface area contributed by atoms with Gasteiger partial charge in [0.05, 0.1) is 93.0 Å². The number of hydrogen-bond donors (Lipinski definition) is 8. The highest BCUT2D eigenvalue weighted by atomic mass is 35.5. The molecule has 652 valence electrons. The second-order valence-electron chi connectivity index (χ2n) is 33.2. The highest BCUT2D eigenvalue weighted by Gasteiger charge is 2.36. The van der Waals surface area contributed by atoms with E-state index in [-0.39, 0.29) is 95.2 Å². The lowest BCUT2D eigenvalue weighted by Gasteiger charge is -2.30. The highest BCUT2D eigenvalue weighted by Crippen LogP contribution is 2.47. The van der Waals surface area contributed by atoms with E-state index in [0.717, 1.165) is 137 Å². The Morgan fingerprint density at radius 2 is 0.702 bits per heavy atom. The number of Topliss-reactive ketones (excluding diaryl/α,β-unsaturated/α-hetero) is 1. The molecule has 6 aromatic heterocycles. The Hall–Kier alpha value is -9.01. The number of ether oxygens (including phenoxy) is 3. The van der Waals surface area contributed by atoms with Gasteiger partial charge in [-0.1, -0.05) is 34.8 Å². The van der Waals surface area contributed by atoms with E-state index in [9.17, 15) is 38.5 Å². The summed E-state index contributed by atoms with van der Waals surface area (Å²) in [6, 6.07) is 12.7. The van der Waals surface area contributed by atoms with Gasteiger partial charge in [0.2, 0.25) is 72.5 Å². The predicted octanol–water partition coefficient (Wildman–Crippen LogP) is 15.9. The van der Waals surface area contributed by atoms with Crippen molar-refractivity contribution < 1.29 is 52.7 Å². The smallest absolute Gasteiger partial charge is 0.229 e. The van der Waals surface area contributed by atoms with Crippen LogP contribution in [0.3, 0.4) is 0 Å². The van der Waals surface area contributed by atoms with Crippen LogP contribution in [-0.2, 0) is 65.5 Å². The van der Waals surface area contributed by atoms with Gasteiger partial charge in [0.15, 0.2) is 17.5 Å². The van der Waals surface area contributed by atoms with Gasteiger partial charge in [0.1, 0.15) is 38.1 Å². The fourth-order valence-corrected chi connectivity index (χ4v) is 19.4. The number of nitrogens with zero attached hydrogens (tertiary/aromatic N) is 12. The third-order valence-electron chi connectivity index (χ3n) is 22.1. The van der Waals surface area contributed by atoms with Crippen LogP contribution in [0.1, 0.15) is 208 Å². The molecular formula is C82H107Cl3N20O12S4. The number of sulfone groups is 3. The molecule has 0 atom stereocenters. The molecule has 6 saturated carbocycles. The summed E-state index contributed by atoms with van der Waals surface area (Å²) in [5, 5.41) is 30.0. The van der Waals surface area contributed by atoms with Crippen molar-refractivity contribution in [2.24, 2.45) is 26.9 Å². The Bertz CT molecular complexity index is 5790. The number of nitrogens with two attached hydrogens (primary N) is 1. The monoisotopic (exact) mass is 1800 g/mol. The average molecular weight is 1800 g/mol. The molecule has 6 fully saturated rings. The van der Waals surface area contributed by atoms with Crippen LogP contribution in [0, 0.1) is 20.8 Å². The number of aromatic nitrogens is 12. The minimum atomic E-state index is -3.66. The van der Waals surface area contributed by atoms with Crippen LogP contribution in [0.2, 0.25) is 15.1 Å². The first-order chi connectivity index (χ1) is 57.2. The van der Waals surface area contributed by atoms with E-state index in [2.05, 4.69) is 127 Å². The number of benzene rings is 3. The fourth-order valence-electron chi connectivity index (χ4n) is 14.9. The van der Waals surface area contributed by atoms with Gasteiger partial charge in [-0.15, -0.1) is 0 Å². The summed E-state index contributed by atoms with van der Waals surface area (Å²) in [4.78, 5) is 38.5. The van der Waals surface area contributed by atoms with Crippen LogP contribution in [0.5, 0.6) is 17.2 Å². The van der Waals surface area contributed by atoms with Crippen LogP contribution < -0.4 is 56.6 Å². The minimum Gasteiger partial charge on any atom is -0.488 e. The standard InChI is InChI=1S/C28H38ClN7O5S2.C27H36ClN7O3S.C27H33ClN6O4S/c1-16(2)43(39,40)27-24(15-36(4)34-27)31-26-22(29)14-30-28(33-26)32-23-12-17(3)21(13-25(23)41-20-10-11-20)18-6-8-19(9-7-18)35-42(5,37)38;1-15(2)39(36,37)26-23(14-35(4)34-26)31-25-21(28)13-30-27(33-25)32-22-11-16(3)20(12-24(22)38-19-9-10-19)17-5-7-18(29)8-6-17;1-15(2)39(36,37)26-23(14-34(4)33-26)30-25-21(28)13-29-27(32-25)31-22-11-16(3)20(12-24(22)38-19-9-10-19)17-5-7-18(35)8-6-17/h12-16,18-20,35H,6-11H2,1-5H3,(H2,30,31,32,33);11-15,17-19H,5-10,29H2,1-4H3,(H2,30,31,32,33);11-15,17,19H,5-10H2,1-4H3,(H2,29,30,31,32). The molecule has 0 bridgehead atoms. The van der Waals surface area contributed by atoms with Gasteiger partial charge in [-0.25, -0.2) is 53.3 Å². The number of nitrogens with one attached hydrogen (secondary N) is 7. The molecule has 9 N–H and O–H groups in total. The SMILES string of the molecule is Cc1cc(Nc2ncc(Cl)c(Nc3cn(C)nc3S(=O)(=O)C(C)C)n2)c(OC2CC2)cc1C1CCC(=O)CC1.Cc1cc(Nc2ncc(Cl)c(Nc3cn(C)nc3S(=O)(=O)C(C)C)n2)c(OC2CC2)cc1C1CCC(N)CC1.Cc1cc(Nc2ncc(Cl)c(Nc3cn(C)nc3S(=O)(=O)C(C)C)n2)c(OC2CC2)cc1C1CCC(NS(C)(=O)=O)CC1. The molecule has 3 aromatic carbocycles. The fraction of sp³-hybridized carbons (Fsp3) is 0.512. The van der Waals surface area contributed by atoms with E-state index in [1.54, 1.807) is 81.3 Å². The van der Waals surface area contributed by atoms with Gasteiger partial charge in [-0.2, -0.15) is 30.2 Å². The van der Waals surface area contributed by atoms with Crippen molar-refractivity contribution in [2.45, 2.75) is 257 Å². The second kappa shape index (κ2) is 37.2. The Morgan fingerprint density at radius 1 is 0.413 bits per heavy atom. The van der Waals surface area contributed by atoms with Gasteiger partial charge in [0, 0.05) is 64.7 Å². The van der Waals surface area contributed by atoms with Crippen molar-refractivity contribution in [1.29, 1.82) is 0 Å². The zero-order valence-electron chi connectivity index (χ0n) is 70.1. The Labute approximate surface area is 722 Å². The first-order valence-electron chi connectivity index (χ1n) is 40.9. The molecule has 32 nitrogen and oxygen atoms in total. The number of aryl methyl sites for hydroxylation is 6. The molecule has 6 aliphatic carbocycles. The molecule has 6 heterocycles. The van der Waals surface area contributed by atoms with Crippen LogP contribution in [0.25, 0.3) is 0 Å². The highest BCUT2D eigenvalue weighted by molar-refractivity contribution is 7.92. The van der Waals surface area contributed by atoms with Gasteiger partial charge in [-0.3, -0.25) is 18.8 Å². The number of halogens is 3. The summed E-state index contributed by atoms with van der Waals surface area (Å²) in [5.41, 5.74) is 16.2. The third-order valence-corrected chi connectivity index (χ3v) is 29.9. The quantitative estimate of drug-likeness (QED) is 0.0216. The van der Waals surface area contributed by atoms with Crippen molar-refractivity contribution in [2.75, 3.05) is 38.2 Å². The molecule has 39 heteroatoms. The zero-order valence-corrected chi connectivity index (χ0v) is 75.7. The lowest BCUT2D eigenvalue weighted by Crippen LogP contribution is -2.36. The van der Waals surface area contributed by atoms with E-state index in [1.165, 1.54) is 61.1 Å². The molecular weight excluding hydrogens is 1690 g/mol. The normalized spacial score (nSPS) is 18.6. The molecule has 9 aromatic rings. The first-order valence-corrected chi connectivity index (χ1v) is 48.6. The van der Waals surface area contributed by atoms with E-state index in [0.29, 0.717) is 65.5 Å². The lowest BCUT2D eigenvalue weighted by molar-refractivity contribution is -0.120. The number of carbonyl (C=O) groups is 1. The topological polar surface area (TPSA) is 422 Å². The summed E-state index contributed by atoms with van der Waals surface area (Å²) in [6.07, 6.45) is 27.4. The summed E-state index contributed by atoms with van der Waals surface area (Å²) in [7, 11) is -9.21. The summed E-state index contributed by atoms with van der Waals surface area (Å²) in [5.74, 6) is 5.19. The van der Waals surface area contributed by atoms with Crippen LogP contribution in [0.4, 0.5) is 69.4 Å². The second-order valence-corrected chi connectivity index (χ2v) is 43.5. The summed E-state index contributed by atoms with van der Waals surface area (Å²) < 4.78 is 126. The first kappa shape index (κ1) is 89.7. The molecule has 0 aliphatic heterocycles. The Morgan fingerprint density at radius 3 is 0.983 bits per heavy atom.